The number of hydrogen-bond donors (Lipinski definition) is 3. The van der Waals surface area contributed by atoms with Gasteiger partial charge in [0.15, 0.2) is 0 Å². The van der Waals surface area contributed by atoms with E-state index in [0.29, 0.717) is 44.0 Å². The van der Waals surface area contributed by atoms with Gasteiger partial charge in [0.25, 0.3) is 5.91 Å². The SMILES string of the molecule is O=C(NNCc1ccc(-c2cc(Cl)ccc2F)cc1)c1cc(-c2cc(Cl)ccc2Cl)n[nH]1. The van der Waals surface area contributed by atoms with Crippen molar-refractivity contribution in [2.24, 2.45) is 0 Å². The fraction of sp³-hybridized carbons (Fsp3) is 0.0435. The van der Waals surface area contributed by atoms with Gasteiger partial charge in [-0.25, -0.2) is 9.82 Å². The van der Waals surface area contributed by atoms with Gasteiger partial charge in [0.1, 0.15) is 11.5 Å². The average molecular weight is 490 g/mol. The Kier molecular flexibility index (Phi) is 6.77. The van der Waals surface area contributed by atoms with Crippen molar-refractivity contribution in [2.75, 3.05) is 0 Å². The number of halogens is 4. The maximum Gasteiger partial charge on any atom is 0.283 e. The van der Waals surface area contributed by atoms with Gasteiger partial charge in [-0.05, 0) is 53.6 Å². The van der Waals surface area contributed by atoms with Crippen molar-refractivity contribution < 1.29 is 9.18 Å². The van der Waals surface area contributed by atoms with Gasteiger partial charge in [-0.3, -0.25) is 15.3 Å². The van der Waals surface area contributed by atoms with Gasteiger partial charge in [0, 0.05) is 27.7 Å². The van der Waals surface area contributed by atoms with Crippen molar-refractivity contribution in [2.45, 2.75) is 6.54 Å². The van der Waals surface area contributed by atoms with E-state index in [0.717, 1.165) is 5.56 Å². The molecule has 1 heterocycles. The van der Waals surface area contributed by atoms with Gasteiger partial charge >= 0.3 is 0 Å². The highest BCUT2D eigenvalue weighted by atomic mass is 35.5. The number of carbonyl (C=O) groups excluding carboxylic acids is 1. The molecule has 9 heteroatoms. The number of amides is 1. The van der Waals surface area contributed by atoms with Crippen LogP contribution in [0, 0.1) is 5.82 Å². The fourth-order valence-corrected chi connectivity index (χ4v) is 3.64. The lowest BCUT2D eigenvalue weighted by Crippen LogP contribution is -2.37. The average Bonchev–Trinajstić information content (AvgIpc) is 3.28. The van der Waals surface area contributed by atoms with Crippen molar-refractivity contribution in [3.05, 3.63) is 98.9 Å². The predicted molar refractivity (Wildman–Crippen MR) is 125 cm³/mol. The van der Waals surface area contributed by atoms with E-state index in [2.05, 4.69) is 21.0 Å². The highest BCUT2D eigenvalue weighted by molar-refractivity contribution is 6.35. The van der Waals surface area contributed by atoms with Crippen LogP contribution >= 0.6 is 34.8 Å². The zero-order chi connectivity index (χ0) is 22.7. The van der Waals surface area contributed by atoms with Crippen LogP contribution in [-0.4, -0.2) is 16.1 Å². The Morgan fingerprint density at radius 1 is 0.906 bits per heavy atom. The minimum absolute atomic E-state index is 0.260. The standard InChI is InChI=1S/C23H16Cl3FN4O/c24-15-5-7-19(26)18(10-15)21-11-22(30-29-21)23(32)31-28-12-13-1-3-14(4-2-13)17-9-16(25)6-8-20(17)27/h1-11,28H,12H2,(H,29,30)(H,31,32). The molecule has 0 saturated carbocycles. The Morgan fingerprint density at radius 2 is 1.59 bits per heavy atom. The molecule has 162 valence electrons. The summed E-state index contributed by atoms with van der Waals surface area (Å²) in [4.78, 5) is 12.4. The van der Waals surface area contributed by atoms with Crippen LogP contribution in [-0.2, 0) is 6.54 Å². The minimum atomic E-state index is -0.389. The molecule has 32 heavy (non-hydrogen) atoms. The number of nitrogens with zero attached hydrogens (tertiary/aromatic N) is 1. The van der Waals surface area contributed by atoms with Gasteiger partial charge in [-0.2, -0.15) is 5.10 Å². The molecule has 0 spiro atoms. The molecule has 0 aliphatic heterocycles. The molecule has 0 aliphatic rings. The Bertz CT molecular complexity index is 1270. The molecular weight excluding hydrogens is 474 g/mol. The van der Waals surface area contributed by atoms with Crippen molar-refractivity contribution in [1.82, 2.24) is 21.0 Å². The van der Waals surface area contributed by atoms with Crippen LogP contribution in [0.4, 0.5) is 4.39 Å². The molecule has 3 N–H and O–H groups in total. The number of aromatic nitrogens is 2. The monoisotopic (exact) mass is 488 g/mol. The summed E-state index contributed by atoms with van der Waals surface area (Å²) in [6.07, 6.45) is 0. The van der Waals surface area contributed by atoms with E-state index in [1.807, 2.05) is 12.1 Å². The molecule has 3 aromatic carbocycles. The Labute approximate surface area is 198 Å². The van der Waals surface area contributed by atoms with Crippen molar-refractivity contribution in [3.63, 3.8) is 0 Å². The highest BCUT2D eigenvalue weighted by Gasteiger charge is 2.13. The zero-order valence-electron chi connectivity index (χ0n) is 16.4. The zero-order valence-corrected chi connectivity index (χ0v) is 18.7. The van der Waals surface area contributed by atoms with E-state index >= 15 is 0 Å². The molecule has 0 saturated heterocycles. The normalized spacial score (nSPS) is 10.9. The summed E-state index contributed by atoms with van der Waals surface area (Å²) in [7, 11) is 0. The van der Waals surface area contributed by atoms with Crippen LogP contribution in [0.15, 0.2) is 66.7 Å². The molecular formula is C23H16Cl3FN4O. The lowest BCUT2D eigenvalue weighted by molar-refractivity contribution is 0.0927. The molecule has 0 unspecified atom stereocenters. The van der Waals surface area contributed by atoms with E-state index < -0.39 is 0 Å². The van der Waals surface area contributed by atoms with Crippen molar-refractivity contribution >= 4 is 40.7 Å². The third-order valence-electron chi connectivity index (χ3n) is 4.71. The van der Waals surface area contributed by atoms with E-state index in [4.69, 9.17) is 34.8 Å². The van der Waals surface area contributed by atoms with Gasteiger partial charge in [-0.15, -0.1) is 0 Å². The molecule has 0 bridgehead atoms. The molecule has 0 fully saturated rings. The van der Waals surface area contributed by atoms with E-state index in [-0.39, 0.29) is 17.4 Å². The molecule has 4 aromatic rings. The minimum Gasteiger partial charge on any atom is -0.286 e. The second kappa shape index (κ2) is 9.71. The number of rotatable bonds is 6. The summed E-state index contributed by atoms with van der Waals surface area (Å²) in [5, 5.41) is 8.28. The van der Waals surface area contributed by atoms with Crippen molar-refractivity contribution in [3.8, 4) is 22.4 Å². The van der Waals surface area contributed by atoms with E-state index in [1.54, 1.807) is 42.5 Å². The first-order chi connectivity index (χ1) is 15.4. The molecule has 0 aliphatic carbocycles. The lowest BCUT2D eigenvalue weighted by Gasteiger charge is -2.08. The van der Waals surface area contributed by atoms with Gasteiger partial charge in [-0.1, -0.05) is 59.1 Å². The number of carbonyl (C=O) groups is 1. The number of benzene rings is 3. The quantitative estimate of drug-likeness (QED) is 0.279. The molecule has 1 amide bonds. The number of aromatic amines is 1. The van der Waals surface area contributed by atoms with E-state index in [1.165, 1.54) is 12.1 Å². The first kappa shape index (κ1) is 22.3. The van der Waals surface area contributed by atoms with E-state index in [9.17, 15) is 9.18 Å². The Hall–Kier alpha value is -2.90. The smallest absolute Gasteiger partial charge is 0.283 e. The molecule has 1 aromatic heterocycles. The van der Waals surface area contributed by atoms with Crippen LogP contribution in [0.3, 0.4) is 0 Å². The predicted octanol–water partition coefficient (Wildman–Crippen LogP) is 6.28. The van der Waals surface area contributed by atoms with Crippen LogP contribution in [0.25, 0.3) is 22.4 Å². The van der Waals surface area contributed by atoms with Crippen LogP contribution < -0.4 is 10.9 Å². The lowest BCUT2D eigenvalue weighted by atomic mass is 10.0. The second-order valence-corrected chi connectivity index (χ2v) is 8.20. The van der Waals surface area contributed by atoms with Crippen LogP contribution in [0.1, 0.15) is 16.1 Å². The first-order valence-corrected chi connectivity index (χ1v) is 10.6. The maximum absolute atomic E-state index is 14.0. The molecule has 0 radical (unpaired) electrons. The number of nitrogens with one attached hydrogen (secondary N) is 3. The summed E-state index contributed by atoms with van der Waals surface area (Å²) < 4.78 is 14.0. The fourth-order valence-electron chi connectivity index (χ4n) is 3.08. The number of H-pyrrole nitrogens is 1. The first-order valence-electron chi connectivity index (χ1n) is 9.49. The summed E-state index contributed by atoms with van der Waals surface area (Å²) >= 11 is 18.2. The van der Waals surface area contributed by atoms with Gasteiger partial charge in [0.05, 0.1) is 10.7 Å². The van der Waals surface area contributed by atoms with Crippen molar-refractivity contribution in [1.29, 1.82) is 0 Å². The Morgan fingerprint density at radius 3 is 2.34 bits per heavy atom. The molecule has 5 nitrogen and oxygen atoms in total. The maximum atomic E-state index is 14.0. The topological polar surface area (TPSA) is 69.8 Å². The number of hydrazine groups is 1. The second-order valence-electron chi connectivity index (χ2n) is 6.92. The summed E-state index contributed by atoms with van der Waals surface area (Å²) in [5.74, 6) is -0.731. The van der Waals surface area contributed by atoms with Gasteiger partial charge < -0.3 is 0 Å². The third-order valence-corrected chi connectivity index (χ3v) is 5.51. The highest BCUT2D eigenvalue weighted by Crippen LogP contribution is 2.29. The van der Waals surface area contributed by atoms with Crippen LogP contribution in [0.5, 0.6) is 0 Å². The summed E-state index contributed by atoms with van der Waals surface area (Å²) in [5.41, 5.74) is 8.89. The Balaban J connectivity index is 1.36. The summed E-state index contributed by atoms with van der Waals surface area (Å²) in [6.45, 7) is 0.366. The molecule has 0 atom stereocenters. The largest absolute Gasteiger partial charge is 0.286 e. The van der Waals surface area contributed by atoms with Crippen LogP contribution in [0.2, 0.25) is 15.1 Å². The van der Waals surface area contributed by atoms with Gasteiger partial charge in [0.2, 0.25) is 0 Å². The molecule has 4 rings (SSSR count). The third kappa shape index (κ3) is 5.11. The number of hydrogen-bond acceptors (Lipinski definition) is 3. The summed E-state index contributed by atoms with van der Waals surface area (Å²) in [6, 6.07) is 18.3.